The summed E-state index contributed by atoms with van der Waals surface area (Å²) in [5, 5.41) is 0.654. The lowest BCUT2D eigenvalue weighted by atomic mass is 9.88. The summed E-state index contributed by atoms with van der Waals surface area (Å²) in [6, 6.07) is 7.35. The van der Waals surface area contributed by atoms with Crippen LogP contribution in [0.3, 0.4) is 0 Å². The number of esters is 1. The Balaban J connectivity index is 2.33. The maximum atomic E-state index is 11.7. The number of carbonyl (C=O) groups excluding carboxylic acids is 1. The van der Waals surface area contributed by atoms with Gasteiger partial charge in [0.2, 0.25) is 0 Å². The van der Waals surface area contributed by atoms with E-state index in [-0.39, 0.29) is 12.6 Å². The minimum atomic E-state index is -0.160. The van der Waals surface area contributed by atoms with E-state index in [1.165, 1.54) is 0 Å². The Labute approximate surface area is 126 Å². The van der Waals surface area contributed by atoms with Crippen LogP contribution >= 0.6 is 11.6 Å². The number of halogens is 1. The van der Waals surface area contributed by atoms with E-state index < -0.39 is 0 Å². The first-order valence-electron chi connectivity index (χ1n) is 7.13. The van der Waals surface area contributed by atoms with Crippen molar-refractivity contribution in [3.8, 4) is 0 Å². The normalized spacial score (nSPS) is 12.4. The van der Waals surface area contributed by atoms with Gasteiger partial charge >= 0.3 is 5.97 Å². The lowest BCUT2D eigenvalue weighted by molar-refractivity contribution is -0.145. The second-order valence-corrected chi connectivity index (χ2v) is 5.85. The van der Waals surface area contributed by atoms with Crippen LogP contribution in [0.2, 0.25) is 5.02 Å². The standard InChI is InChI=1S/C16H24ClNO2/c1-12(2)14(8-9-18)6-7-16(19)20-11-13-4-3-5-15(17)10-13/h3-5,10,12,14H,6-9,11,18H2,1-2H3. The lowest BCUT2D eigenvalue weighted by Crippen LogP contribution is -2.16. The first-order valence-corrected chi connectivity index (χ1v) is 7.51. The minimum absolute atomic E-state index is 0.160. The summed E-state index contributed by atoms with van der Waals surface area (Å²) < 4.78 is 5.26. The predicted octanol–water partition coefficient (Wildman–Crippen LogP) is 3.78. The van der Waals surface area contributed by atoms with E-state index >= 15 is 0 Å². The maximum Gasteiger partial charge on any atom is 0.306 e. The molecule has 0 saturated heterocycles. The van der Waals surface area contributed by atoms with Crippen molar-refractivity contribution in [2.24, 2.45) is 17.6 Å². The van der Waals surface area contributed by atoms with Crippen LogP contribution in [0.4, 0.5) is 0 Å². The van der Waals surface area contributed by atoms with Crippen LogP contribution in [0.1, 0.15) is 38.7 Å². The van der Waals surface area contributed by atoms with Crippen molar-refractivity contribution in [3.63, 3.8) is 0 Å². The highest BCUT2D eigenvalue weighted by Gasteiger charge is 2.15. The molecule has 0 spiro atoms. The van der Waals surface area contributed by atoms with Crippen molar-refractivity contribution in [2.75, 3.05) is 6.54 Å². The Hall–Kier alpha value is -1.06. The highest BCUT2D eigenvalue weighted by molar-refractivity contribution is 6.30. The van der Waals surface area contributed by atoms with Gasteiger partial charge in [0.15, 0.2) is 0 Å². The molecule has 1 aromatic rings. The molecule has 1 aromatic carbocycles. The van der Waals surface area contributed by atoms with Crippen molar-refractivity contribution in [1.82, 2.24) is 0 Å². The van der Waals surface area contributed by atoms with E-state index in [4.69, 9.17) is 22.1 Å². The fraction of sp³-hybridized carbons (Fsp3) is 0.562. The summed E-state index contributed by atoms with van der Waals surface area (Å²) in [5.41, 5.74) is 6.50. The molecular weight excluding hydrogens is 274 g/mol. The van der Waals surface area contributed by atoms with Crippen molar-refractivity contribution in [1.29, 1.82) is 0 Å². The van der Waals surface area contributed by atoms with Gasteiger partial charge < -0.3 is 10.5 Å². The molecule has 112 valence electrons. The summed E-state index contributed by atoms with van der Waals surface area (Å²) in [4.78, 5) is 11.7. The molecular formula is C16H24ClNO2. The van der Waals surface area contributed by atoms with Crippen LogP contribution < -0.4 is 5.73 Å². The molecule has 0 aromatic heterocycles. The molecule has 0 radical (unpaired) electrons. The summed E-state index contributed by atoms with van der Waals surface area (Å²) in [7, 11) is 0. The third kappa shape index (κ3) is 6.40. The van der Waals surface area contributed by atoms with Crippen LogP contribution in [-0.4, -0.2) is 12.5 Å². The van der Waals surface area contributed by atoms with E-state index in [1.807, 2.05) is 12.1 Å². The summed E-state index contributed by atoms with van der Waals surface area (Å²) in [5.74, 6) is 0.866. The van der Waals surface area contributed by atoms with Gasteiger partial charge in [0, 0.05) is 11.4 Å². The van der Waals surface area contributed by atoms with Crippen LogP contribution in [0.5, 0.6) is 0 Å². The smallest absolute Gasteiger partial charge is 0.306 e. The third-order valence-corrected chi connectivity index (χ3v) is 3.72. The number of rotatable bonds is 8. The largest absolute Gasteiger partial charge is 0.461 e. The van der Waals surface area contributed by atoms with Crippen LogP contribution in [-0.2, 0) is 16.1 Å². The maximum absolute atomic E-state index is 11.7. The van der Waals surface area contributed by atoms with E-state index in [0.717, 1.165) is 18.4 Å². The van der Waals surface area contributed by atoms with Gasteiger partial charge in [-0.1, -0.05) is 37.6 Å². The summed E-state index contributed by atoms with van der Waals surface area (Å²) in [6.07, 6.45) is 2.24. The zero-order chi connectivity index (χ0) is 15.0. The molecule has 0 heterocycles. The molecule has 3 nitrogen and oxygen atoms in total. The van der Waals surface area contributed by atoms with E-state index in [1.54, 1.807) is 12.1 Å². The van der Waals surface area contributed by atoms with Gasteiger partial charge in [-0.25, -0.2) is 0 Å². The van der Waals surface area contributed by atoms with Gasteiger partial charge in [0.05, 0.1) is 0 Å². The highest BCUT2D eigenvalue weighted by atomic mass is 35.5. The van der Waals surface area contributed by atoms with Gasteiger partial charge in [-0.3, -0.25) is 4.79 Å². The number of hydrogen-bond acceptors (Lipinski definition) is 3. The second-order valence-electron chi connectivity index (χ2n) is 5.41. The molecule has 1 atom stereocenters. The van der Waals surface area contributed by atoms with E-state index in [0.29, 0.717) is 29.8 Å². The van der Waals surface area contributed by atoms with Crippen LogP contribution in [0, 0.1) is 11.8 Å². The average molecular weight is 298 g/mol. The first-order chi connectivity index (χ1) is 9.52. The quantitative estimate of drug-likeness (QED) is 0.743. The van der Waals surface area contributed by atoms with Crippen LogP contribution in [0.15, 0.2) is 24.3 Å². The number of benzene rings is 1. The Morgan fingerprint density at radius 1 is 1.35 bits per heavy atom. The minimum Gasteiger partial charge on any atom is -0.461 e. The molecule has 0 fully saturated rings. The monoisotopic (exact) mass is 297 g/mol. The molecule has 0 saturated carbocycles. The van der Waals surface area contributed by atoms with Crippen molar-refractivity contribution < 1.29 is 9.53 Å². The van der Waals surface area contributed by atoms with Gasteiger partial charge in [-0.2, -0.15) is 0 Å². The molecule has 1 rings (SSSR count). The fourth-order valence-electron chi connectivity index (χ4n) is 2.19. The molecule has 20 heavy (non-hydrogen) atoms. The summed E-state index contributed by atoms with van der Waals surface area (Å²) >= 11 is 5.88. The first kappa shape index (κ1) is 17.0. The molecule has 0 bridgehead atoms. The predicted molar refractivity (Wildman–Crippen MR) is 82.5 cm³/mol. The molecule has 0 aliphatic carbocycles. The van der Waals surface area contributed by atoms with Gasteiger partial charge in [-0.15, -0.1) is 0 Å². The Bertz CT molecular complexity index is 421. The number of ether oxygens (including phenoxy) is 1. The molecule has 1 unspecified atom stereocenters. The molecule has 4 heteroatoms. The van der Waals surface area contributed by atoms with E-state index in [2.05, 4.69) is 13.8 Å². The zero-order valence-corrected chi connectivity index (χ0v) is 13.0. The van der Waals surface area contributed by atoms with Crippen molar-refractivity contribution in [2.45, 2.75) is 39.7 Å². The molecule has 2 N–H and O–H groups in total. The average Bonchev–Trinajstić information content (AvgIpc) is 2.41. The van der Waals surface area contributed by atoms with Crippen molar-refractivity contribution in [3.05, 3.63) is 34.9 Å². The fourth-order valence-corrected chi connectivity index (χ4v) is 2.40. The van der Waals surface area contributed by atoms with Gasteiger partial charge in [-0.05, 0) is 48.9 Å². The van der Waals surface area contributed by atoms with Crippen LogP contribution in [0.25, 0.3) is 0 Å². The van der Waals surface area contributed by atoms with Gasteiger partial charge in [0.1, 0.15) is 6.61 Å². The summed E-state index contributed by atoms with van der Waals surface area (Å²) in [6.45, 7) is 5.28. The molecule has 0 amide bonds. The lowest BCUT2D eigenvalue weighted by Gasteiger charge is -2.19. The Kier molecular flexibility index (Phi) is 7.63. The number of carbonyl (C=O) groups is 1. The highest BCUT2D eigenvalue weighted by Crippen LogP contribution is 2.21. The zero-order valence-electron chi connectivity index (χ0n) is 12.3. The molecule has 0 aliphatic rings. The van der Waals surface area contributed by atoms with E-state index in [9.17, 15) is 4.79 Å². The Morgan fingerprint density at radius 2 is 2.10 bits per heavy atom. The van der Waals surface area contributed by atoms with Gasteiger partial charge in [0.25, 0.3) is 0 Å². The number of nitrogens with two attached hydrogens (primary N) is 1. The Morgan fingerprint density at radius 3 is 2.70 bits per heavy atom. The SMILES string of the molecule is CC(C)C(CCN)CCC(=O)OCc1cccc(Cl)c1. The topological polar surface area (TPSA) is 52.3 Å². The number of hydrogen-bond donors (Lipinski definition) is 1. The molecule has 0 aliphatic heterocycles. The van der Waals surface area contributed by atoms with Crippen molar-refractivity contribution >= 4 is 17.6 Å². The third-order valence-electron chi connectivity index (χ3n) is 3.49. The second kappa shape index (κ2) is 8.98.